The highest BCUT2D eigenvalue weighted by Gasteiger charge is 2.21. The molecule has 0 aromatic heterocycles. The number of aliphatic hydroxyl groups excluding tert-OH is 1. The summed E-state index contributed by atoms with van der Waals surface area (Å²) in [6.07, 6.45) is 2.27. The molecule has 0 aromatic rings. The van der Waals surface area contributed by atoms with Gasteiger partial charge in [0.05, 0.1) is 6.61 Å². The maximum atomic E-state index is 8.91. The number of nitrogens with one attached hydrogen (secondary N) is 1. The van der Waals surface area contributed by atoms with Gasteiger partial charge in [0, 0.05) is 12.1 Å². The zero-order valence-corrected chi connectivity index (χ0v) is 7.38. The van der Waals surface area contributed by atoms with Crippen molar-refractivity contribution in [1.29, 1.82) is 0 Å². The molecule has 0 bridgehead atoms. The zero-order chi connectivity index (χ0) is 8.27. The van der Waals surface area contributed by atoms with Crippen molar-refractivity contribution in [2.45, 2.75) is 24.9 Å². The summed E-state index contributed by atoms with van der Waals surface area (Å²) in [6.45, 7) is 1.30. The van der Waals surface area contributed by atoms with Crippen molar-refractivity contribution in [2.24, 2.45) is 0 Å². The molecule has 0 amide bonds. The largest absolute Gasteiger partial charge is 0.395 e. The molecule has 66 valence electrons. The molecule has 2 N–H and O–H groups in total. The third-order valence-corrected chi connectivity index (χ3v) is 2.42. The van der Waals surface area contributed by atoms with Crippen LogP contribution in [0.25, 0.3) is 0 Å². The number of rotatable bonds is 2. The SMILES string of the molecule is CN(C)C1CCNC(CO)C1. The lowest BCUT2D eigenvalue weighted by Crippen LogP contribution is -2.47. The maximum absolute atomic E-state index is 8.91. The summed E-state index contributed by atoms with van der Waals surface area (Å²) in [6, 6.07) is 0.963. The first-order chi connectivity index (χ1) is 5.24. The van der Waals surface area contributed by atoms with E-state index in [1.54, 1.807) is 0 Å². The third-order valence-electron chi connectivity index (χ3n) is 2.42. The highest BCUT2D eigenvalue weighted by molar-refractivity contribution is 4.81. The van der Waals surface area contributed by atoms with Crippen LogP contribution in [0.2, 0.25) is 0 Å². The maximum Gasteiger partial charge on any atom is 0.0585 e. The van der Waals surface area contributed by atoms with Gasteiger partial charge in [0.25, 0.3) is 0 Å². The Labute approximate surface area is 68.4 Å². The average molecular weight is 158 g/mol. The standard InChI is InChI=1S/C8H18N2O/c1-10(2)8-3-4-9-7(5-8)6-11/h7-9,11H,3-6H2,1-2H3. The Morgan fingerprint density at radius 2 is 2.27 bits per heavy atom. The molecule has 0 spiro atoms. The van der Waals surface area contributed by atoms with Crippen LogP contribution in [0.1, 0.15) is 12.8 Å². The van der Waals surface area contributed by atoms with Crippen LogP contribution in [0.4, 0.5) is 0 Å². The molecule has 0 aliphatic carbocycles. The molecule has 0 radical (unpaired) electrons. The van der Waals surface area contributed by atoms with Crippen LogP contribution in [0.5, 0.6) is 0 Å². The van der Waals surface area contributed by atoms with E-state index in [-0.39, 0.29) is 6.61 Å². The van der Waals surface area contributed by atoms with Gasteiger partial charge in [-0.15, -0.1) is 0 Å². The van der Waals surface area contributed by atoms with Gasteiger partial charge in [-0.1, -0.05) is 0 Å². The molecule has 0 aromatic carbocycles. The van der Waals surface area contributed by atoms with E-state index in [4.69, 9.17) is 5.11 Å². The normalized spacial score (nSPS) is 32.7. The molecule has 1 fully saturated rings. The Kier molecular flexibility index (Phi) is 3.30. The van der Waals surface area contributed by atoms with Crippen LogP contribution < -0.4 is 5.32 Å². The van der Waals surface area contributed by atoms with Gasteiger partial charge in [-0.3, -0.25) is 0 Å². The topological polar surface area (TPSA) is 35.5 Å². The molecule has 1 aliphatic heterocycles. The van der Waals surface area contributed by atoms with Crippen molar-refractivity contribution in [2.75, 3.05) is 27.2 Å². The van der Waals surface area contributed by atoms with Gasteiger partial charge in [-0.25, -0.2) is 0 Å². The molecule has 1 heterocycles. The number of piperidine rings is 1. The van der Waals surface area contributed by atoms with E-state index in [0.29, 0.717) is 12.1 Å². The lowest BCUT2D eigenvalue weighted by atomic mass is 9.99. The van der Waals surface area contributed by atoms with Crippen molar-refractivity contribution in [3.05, 3.63) is 0 Å². The van der Waals surface area contributed by atoms with Crippen LogP contribution in [0.15, 0.2) is 0 Å². The van der Waals surface area contributed by atoms with E-state index >= 15 is 0 Å². The van der Waals surface area contributed by atoms with Gasteiger partial charge in [0.2, 0.25) is 0 Å². The van der Waals surface area contributed by atoms with Crippen LogP contribution in [0, 0.1) is 0 Å². The minimum atomic E-state index is 0.268. The smallest absolute Gasteiger partial charge is 0.0585 e. The molecule has 1 aliphatic rings. The molecule has 1 saturated heterocycles. The Bertz CT molecular complexity index is 117. The summed E-state index contributed by atoms with van der Waals surface area (Å²) in [5, 5.41) is 12.2. The number of nitrogens with zero attached hydrogens (tertiary/aromatic N) is 1. The summed E-state index contributed by atoms with van der Waals surface area (Å²) in [7, 11) is 4.20. The first kappa shape index (κ1) is 8.97. The molecule has 0 saturated carbocycles. The summed E-state index contributed by atoms with van der Waals surface area (Å²) < 4.78 is 0. The van der Waals surface area contributed by atoms with Gasteiger partial charge in [0.15, 0.2) is 0 Å². The van der Waals surface area contributed by atoms with Crippen molar-refractivity contribution >= 4 is 0 Å². The second-order valence-electron chi connectivity index (χ2n) is 3.48. The van der Waals surface area contributed by atoms with E-state index in [9.17, 15) is 0 Å². The first-order valence-electron chi connectivity index (χ1n) is 4.24. The van der Waals surface area contributed by atoms with E-state index in [1.165, 1.54) is 6.42 Å². The van der Waals surface area contributed by atoms with Gasteiger partial charge in [-0.05, 0) is 33.5 Å². The summed E-state index contributed by atoms with van der Waals surface area (Å²) in [5.41, 5.74) is 0. The minimum absolute atomic E-state index is 0.268. The second-order valence-corrected chi connectivity index (χ2v) is 3.48. The fourth-order valence-electron chi connectivity index (χ4n) is 1.59. The fourth-order valence-corrected chi connectivity index (χ4v) is 1.59. The summed E-state index contributed by atoms with van der Waals surface area (Å²) >= 11 is 0. The molecule has 11 heavy (non-hydrogen) atoms. The Hall–Kier alpha value is -0.120. The monoisotopic (exact) mass is 158 g/mol. The highest BCUT2D eigenvalue weighted by Crippen LogP contribution is 2.12. The van der Waals surface area contributed by atoms with Crippen molar-refractivity contribution in [1.82, 2.24) is 10.2 Å². The fraction of sp³-hybridized carbons (Fsp3) is 1.00. The Morgan fingerprint density at radius 3 is 2.82 bits per heavy atom. The molecule has 3 heteroatoms. The molecule has 2 unspecified atom stereocenters. The molecular formula is C8H18N2O. The van der Waals surface area contributed by atoms with E-state index in [0.717, 1.165) is 13.0 Å². The van der Waals surface area contributed by atoms with Gasteiger partial charge in [0.1, 0.15) is 0 Å². The minimum Gasteiger partial charge on any atom is -0.395 e. The lowest BCUT2D eigenvalue weighted by molar-refractivity contribution is 0.158. The summed E-state index contributed by atoms with van der Waals surface area (Å²) in [5.74, 6) is 0. The van der Waals surface area contributed by atoms with E-state index in [2.05, 4.69) is 24.3 Å². The van der Waals surface area contributed by atoms with Gasteiger partial charge < -0.3 is 15.3 Å². The van der Waals surface area contributed by atoms with Gasteiger partial charge >= 0.3 is 0 Å². The lowest BCUT2D eigenvalue weighted by Gasteiger charge is -2.33. The predicted molar refractivity (Wildman–Crippen MR) is 45.6 cm³/mol. The molecule has 2 atom stereocenters. The second kappa shape index (κ2) is 4.04. The highest BCUT2D eigenvalue weighted by atomic mass is 16.3. The van der Waals surface area contributed by atoms with E-state index < -0.39 is 0 Å². The van der Waals surface area contributed by atoms with Crippen LogP contribution in [-0.2, 0) is 0 Å². The van der Waals surface area contributed by atoms with E-state index in [1.807, 2.05) is 0 Å². The first-order valence-corrected chi connectivity index (χ1v) is 4.24. The van der Waals surface area contributed by atoms with Crippen LogP contribution >= 0.6 is 0 Å². The van der Waals surface area contributed by atoms with Crippen molar-refractivity contribution in [3.63, 3.8) is 0 Å². The predicted octanol–water partition coefficient (Wildman–Crippen LogP) is -0.339. The molecule has 1 rings (SSSR count). The van der Waals surface area contributed by atoms with Crippen LogP contribution in [0.3, 0.4) is 0 Å². The number of aliphatic hydroxyl groups is 1. The molecular weight excluding hydrogens is 140 g/mol. The average Bonchev–Trinajstić information content (AvgIpc) is 2.05. The van der Waals surface area contributed by atoms with Crippen molar-refractivity contribution < 1.29 is 5.11 Å². The number of hydrogen-bond donors (Lipinski definition) is 2. The van der Waals surface area contributed by atoms with Gasteiger partial charge in [-0.2, -0.15) is 0 Å². The van der Waals surface area contributed by atoms with Crippen molar-refractivity contribution in [3.8, 4) is 0 Å². The van der Waals surface area contributed by atoms with Crippen LogP contribution in [-0.4, -0.2) is 49.3 Å². The third kappa shape index (κ3) is 2.43. The molecule has 3 nitrogen and oxygen atoms in total. The quantitative estimate of drug-likeness (QED) is 0.577. The Balaban J connectivity index is 2.33. The summed E-state index contributed by atoms with van der Waals surface area (Å²) in [4.78, 5) is 2.24. The number of hydrogen-bond acceptors (Lipinski definition) is 3. The zero-order valence-electron chi connectivity index (χ0n) is 7.38. The Morgan fingerprint density at radius 1 is 1.55 bits per heavy atom.